The average molecular weight is 474 g/mol. The van der Waals surface area contributed by atoms with Crippen LogP contribution < -0.4 is 10.1 Å². The second-order valence-electron chi connectivity index (χ2n) is 8.94. The Hall–Kier alpha value is -3.68. The van der Waals surface area contributed by atoms with Crippen molar-refractivity contribution in [1.29, 1.82) is 0 Å². The van der Waals surface area contributed by atoms with E-state index in [1.807, 2.05) is 66.7 Å². The lowest BCUT2D eigenvalue weighted by Crippen LogP contribution is -2.48. The Labute approximate surface area is 205 Å². The molecule has 0 spiro atoms. The molecular weight excluding hydrogens is 442 g/mol. The van der Waals surface area contributed by atoms with Crippen molar-refractivity contribution >= 4 is 17.6 Å². The number of aromatic carboxylic acids is 1. The van der Waals surface area contributed by atoms with E-state index < -0.39 is 5.97 Å². The van der Waals surface area contributed by atoms with Crippen LogP contribution in [-0.2, 0) is 11.3 Å². The molecule has 3 aromatic rings. The Kier molecular flexibility index (Phi) is 8.13. The Morgan fingerprint density at radius 1 is 1.00 bits per heavy atom. The lowest BCUT2D eigenvalue weighted by atomic mass is 10.0. The fraction of sp³-hybridized carbons (Fsp3) is 0.286. The number of carboxylic acid groups (broad SMARTS) is 1. The van der Waals surface area contributed by atoms with Gasteiger partial charge in [-0.15, -0.1) is 0 Å². The lowest BCUT2D eigenvalue weighted by molar-refractivity contribution is -0.117. The maximum atomic E-state index is 12.7. The van der Waals surface area contributed by atoms with E-state index in [0.717, 1.165) is 49.5 Å². The van der Waals surface area contributed by atoms with Gasteiger partial charge in [-0.3, -0.25) is 14.6 Å². The first-order chi connectivity index (χ1) is 17.0. The van der Waals surface area contributed by atoms with E-state index in [2.05, 4.69) is 22.2 Å². The molecule has 1 heterocycles. The van der Waals surface area contributed by atoms with Crippen molar-refractivity contribution in [3.05, 3.63) is 90.0 Å². The zero-order valence-electron chi connectivity index (χ0n) is 19.9. The molecule has 7 nitrogen and oxygen atoms in total. The third kappa shape index (κ3) is 7.15. The summed E-state index contributed by atoms with van der Waals surface area (Å²) >= 11 is 0. The number of amides is 1. The summed E-state index contributed by atoms with van der Waals surface area (Å²) in [5.41, 5.74) is 2.11. The van der Waals surface area contributed by atoms with Gasteiger partial charge < -0.3 is 15.2 Å². The molecule has 7 heteroatoms. The number of carbonyl (C=O) groups is 2. The number of carboxylic acids is 1. The number of benzene rings is 3. The van der Waals surface area contributed by atoms with E-state index in [4.69, 9.17) is 9.84 Å². The Morgan fingerprint density at radius 3 is 2.37 bits per heavy atom. The summed E-state index contributed by atoms with van der Waals surface area (Å²) in [6.07, 6.45) is 2.11. The fourth-order valence-corrected chi connectivity index (χ4v) is 4.34. The van der Waals surface area contributed by atoms with Crippen molar-refractivity contribution in [3.8, 4) is 11.5 Å². The number of hydrogen-bond acceptors (Lipinski definition) is 5. The lowest BCUT2D eigenvalue weighted by Gasteiger charge is -2.37. The topological polar surface area (TPSA) is 82.1 Å². The molecule has 1 saturated heterocycles. The summed E-state index contributed by atoms with van der Waals surface area (Å²) in [5.74, 6) is 0.539. The molecule has 4 rings (SSSR count). The zero-order chi connectivity index (χ0) is 24.6. The van der Waals surface area contributed by atoms with Gasteiger partial charge in [-0.2, -0.15) is 0 Å². The number of hydrogen-bond donors (Lipinski definition) is 2. The van der Waals surface area contributed by atoms with Crippen molar-refractivity contribution in [2.75, 3.05) is 32.0 Å². The number of likely N-dealkylation sites (N-methyl/N-ethyl adjacent to an activating group) is 1. The summed E-state index contributed by atoms with van der Waals surface area (Å²) in [7, 11) is 2.08. The van der Waals surface area contributed by atoms with Gasteiger partial charge in [0.2, 0.25) is 5.91 Å². The van der Waals surface area contributed by atoms with Gasteiger partial charge in [-0.05, 0) is 80.5 Å². The Morgan fingerprint density at radius 2 is 1.69 bits per heavy atom. The number of rotatable bonds is 9. The summed E-state index contributed by atoms with van der Waals surface area (Å²) in [6, 6.07) is 24.3. The summed E-state index contributed by atoms with van der Waals surface area (Å²) in [4.78, 5) is 28.2. The zero-order valence-corrected chi connectivity index (χ0v) is 19.9. The maximum absolute atomic E-state index is 12.7. The van der Waals surface area contributed by atoms with Crippen LogP contribution in [0.5, 0.6) is 11.5 Å². The van der Waals surface area contributed by atoms with Crippen LogP contribution in [0.4, 0.5) is 5.69 Å². The van der Waals surface area contributed by atoms with Gasteiger partial charge in [0.15, 0.2) is 0 Å². The number of nitrogens with zero attached hydrogens (tertiary/aromatic N) is 2. The molecule has 0 aromatic heterocycles. The van der Waals surface area contributed by atoms with E-state index >= 15 is 0 Å². The molecule has 0 radical (unpaired) electrons. The molecule has 1 atom stereocenters. The van der Waals surface area contributed by atoms with Crippen LogP contribution in [0, 0.1) is 0 Å². The predicted molar refractivity (Wildman–Crippen MR) is 136 cm³/mol. The molecule has 1 fully saturated rings. The van der Waals surface area contributed by atoms with Gasteiger partial charge >= 0.3 is 5.97 Å². The standard InChI is InChI=1S/C28H31N3O4/c1-30(18-21-9-11-22(12-10-21)28(33)34)24-6-5-17-31(19-24)20-27(32)29-23-13-15-26(16-14-23)35-25-7-3-2-4-8-25/h2-4,7-16,24H,5-6,17-20H2,1H3,(H,29,32)(H,33,34)/t24-/m0/s1. The number of piperidine rings is 1. The van der Waals surface area contributed by atoms with Crippen molar-refractivity contribution in [2.24, 2.45) is 0 Å². The summed E-state index contributed by atoms with van der Waals surface area (Å²) in [5, 5.41) is 12.0. The van der Waals surface area contributed by atoms with E-state index in [1.54, 1.807) is 12.1 Å². The highest BCUT2D eigenvalue weighted by Gasteiger charge is 2.24. The van der Waals surface area contributed by atoms with Gasteiger partial charge in [0.1, 0.15) is 11.5 Å². The van der Waals surface area contributed by atoms with Crippen LogP contribution in [-0.4, -0.2) is 59.5 Å². The first-order valence-corrected chi connectivity index (χ1v) is 11.8. The van der Waals surface area contributed by atoms with Crippen LogP contribution >= 0.6 is 0 Å². The summed E-state index contributed by atoms with van der Waals surface area (Å²) in [6.45, 7) is 2.80. The fourth-order valence-electron chi connectivity index (χ4n) is 4.34. The van der Waals surface area contributed by atoms with Crippen molar-refractivity contribution in [1.82, 2.24) is 9.80 Å². The van der Waals surface area contributed by atoms with Gasteiger partial charge in [-0.1, -0.05) is 30.3 Å². The SMILES string of the molecule is CN(Cc1ccc(C(=O)O)cc1)[C@H]1CCCN(CC(=O)Nc2ccc(Oc3ccccc3)cc2)C1. The number of likely N-dealkylation sites (tertiary alicyclic amines) is 1. The van der Waals surface area contributed by atoms with E-state index in [9.17, 15) is 9.59 Å². The Balaban J connectivity index is 1.25. The average Bonchev–Trinajstić information content (AvgIpc) is 2.86. The van der Waals surface area contributed by atoms with E-state index in [0.29, 0.717) is 23.9 Å². The molecule has 35 heavy (non-hydrogen) atoms. The molecule has 182 valence electrons. The largest absolute Gasteiger partial charge is 0.478 e. The minimum atomic E-state index is -0.914. The van der Waals surface area contributed by atoms with Crippen molar-refractivity contribution in [3.63, 3.8) is 0 Å². The highest BCUT2D eigenvalue weighted by molar-refractivity contribution is 5.92. The van der Waals surface area contributed by atoms with Gasteiger partial charge in [-0.25, -0.2) is 4.79 Å². The van der Waals surface area contributed by atoms with Gasteiger partial charge in [0.05, 0.1) is 12.1 Å². The van der Waals surface area contributed by atoms with Crippen molar-refractivity contribution < 1.29 is 19.4 Å². The molecule has 1 aliphatic heterocycles. The molecule has 3 aromatic carbocycles. The first kappa shape index (κ1) is 24.4. The quantitative estimate of drug-likeness (QED) is 0.468. The molecule has 0 unspecified atom stereocenters. The van der Waals surface area contributed by atoms with E-state index in [-0.39, 0.29) is 5.91 Å². The second-order valence-corrected chi connectivity index (χ2v) is 8.94. The van der Waals surface area contributed by atoms with Gasteiger partial charge in [0.25, 0.3) is 0 Å². The number of anilines is 1. The number of nitrogens with one attached hydrogen (secondary N) is 1. The van der Waals surface area contributed by atoms with Crippen LogP contribution in [0.15, 0.2) is 78.9 Å². The van der Waals surface area contributed by atoms with Crippen LogP contribution in [0.2, 0.25) is 0 Å². The van der Waals surface area contributed by atoms with Crippen LogP contribution in [0.1, 0.15) is 28.8 Å². The molecule has 1 amide bonds. The molecule has 0 aliphatic carbocycles. The maximum Gasteiger partial charge on any atom is 0.335 e. The highest BCUT2D eigenvalue weighted by Crippen LogP contribution is 2.23. The first-order valence-electron chi connectivity index (χ1n) is 11.8. The highest BCUT2D eigenvalue weighted by atomic mass is 16.5. The van der Waals surface area contributed by atoms with E-state index in [1.165, 1.54) is 0 Å². The smallest absolute Gasteiger partial charge is 0.335 e. The molecule has 0 saturated carbocycles. The van der Waals surface area contributed by atoms with Crippen molar-refractivity contribution in [2.45, 2.75) is 25.4 Å². The van der Waals surface area contributed by atoms with Crippen LogP contribution in [0.25, 0.3) is 0 Å². The predicted octanol–water partition coefficient (Wildman–Crippen LogP) is 4.71. The molecule has 1 aliphatic rings. The monoisotopic (exact) mass is 473 g/mol. The minimum Gasteiger partial charge on any atom is -0.478 e. The second kappa shape index (κ2) is 11.6. The molecule has 2 N–H and O–H groups in total. The third-order valence-electron chi connectivity index (χ3n) is 6.22. The molecule has 0 bridgehead atoms. The van der Waals surface area contributed by atoms with Gasteiger partial charge in [0, 0.05) is 24.8 Å². The third-order valence-corrected chi connectivity index (χ3v) is 6.22. The minimum absolute atomic E-state index is 0.0331. The molecular formula is C28H31N3O4. The summed E-state index contributed by atoms with van der Waals surface area (Å²) < 4.78 is 5.80. The normalized spacial score (nSPS) is 16.1. The van der Waals surface area contributed by atoms with Crippen LogP contribution in [0.3, 0.4) is 0 Å². The Bertz CT molecular complexity index is 1120. The number of para-hydroxylation sites is 1. The number of ether oxygens (including phenoxy) is 1. The number of carbonyl (C=O) groups excluding carboxylic acids is 1.